The largest absolute Gasteiger partial charge is 0.464 e. The Balaban J connectivity index is 1.04. The molecule has 1 unspecified atom stereocenters. The number of methoxy groups -OCH3 is 1. The topological polar surface area (TPSA) is 160 Å². The van der Waals surface area contributed by atoms with Crippen LogP contribution in [0.15, 0.2) is 70.8 Å². The van der Waals surface area contributed by atoms with Gasteiger partial charge in [0.1, 0.15) is 18.1 Å². The van der Waals surface area contributed by atoms with Gasteiger partial charge in [0.05, 0.1) is 41.7 Å². The molecule has 2 aromatic carbocycles. The maximum absolute atomic E-state index is 14.8. The van der Waals surface area contributed by atoms with Crippen LogP contribution in [0.3, 0.4) is 0 Å². The van der Waals surface area contributed by atoms with Crippen molar-refractivity contribution in [2.45, 2.75) is 148 Å². The van der Waals surface area contributed by atoms with Crippen LogP contribution >= 0.6 is 0 Å². The third-order valence-corrected chi connectivity index (χ3v) is 15.6. The summed E-state index contributed by atoms with van der Waals surface area (Å²) < 4.78 is 14.3. The first-order valence-electron chi connectivity index (χ1n) is 25.3. The van der Waals surface area contributed by atoms with E-state index in [9.17, 15) is 19.2 Å². The lowest BCUT2D eigenvalue weighted by Gasteiger charge is -2.58. The Morgan fingerprint density at radius 2 is 1.83 bits per heavy atom. The number of amides is 3. The van der Waals surface area contributed by atoms with Gasteiger partial charge < -0.3 is 24.3 Å². The molecule has 4 aromatic rings. The van der Waals surface area contributed by atoms with Crippen molar-refractivity contribution in [2.24, 2.45) is 33.2 Å². The zero-order chi connectivity index (χ0) is 48.8. The number of pyridine rings is 1. The Hall–Kier alpha value is -5.69. The molecule has 2 N–H and O–H groups in total. The number of hydrogen-bond acceptors (Lipinski definition) is 10. The molecule has 366 valence electrons. The van der Waals surface area contributed by atoms with E-state index in [0.29, 0.717) is 45.2 Å². The minimum absolute atomic E-state index is 0.0242. The number of benzene rings is 2. The van der Waals surface area contributed by atoms with Gasteiger partial charge in [0, 0.05) is 67.7 Å². The van der Waals surface area contributed by atoms with Crippen LogP contribution < -0.4 is 10.7 Å². The number of cyclic esters (lactones) is 1. The Labute approximate surface area is 406 Å². The van der Waals surface area contributed by atoms with E-state index in [4.69, 9.17) is 14.5 Å². The number of aliphatic imine (C=N–C) groups is 2. The molecule has 8 bridgehead atoms. The van der Waals surface area contributed by atoms with Crippen LogP contribution in [0, 0.1) is 23.2 Å². The van der Waals surface area contributed by atoms with E-state index in [1.54, 1.807) is 25.3 Å². The second-order valence-electron chi connectivity index (χ2n) is 21.7. The van der Waals surface area contributed by atoms with E-state index in [1.807, 2.05) is 39.0 Å². The molecule has 2 aromatic heterocycles. The summed E-state index contributed by atoms with van der Waals surface area (Å²) in [5.41, 5.74) is 10.7. The van der Waals surface area contributed by atoms with Gasteiger partial charge in [-0.15, -0.1) is 0 Å². The minimum atomic E-state index is -1.01. The molecule has 5 fully saturated rings. The van der Waals surface area contributed by atoms with E-state index in [0.717, 1.165) is 81.7 Å². The first-order valence-corrected chi connectivity index (χ1v) is 25.3. The van der Waals surface area contributed by atoms with E-state index in [2.05, 4.69) is 88.5 Å². The lowest BCUT2D eigenvalue weighted by atomic mass is 9.50. The lowest BCUT2D eigenvalue weighted by Crippen LogP contribution is -2.62. The van der Waals surface area contributed by atoms with E-state index in [1.165, 1.54) is 5.01 Å². The molecule has 69 heavy (non-hydrogen) atoms. The van der Waals surface area contributed by atoms with Gasteiger partial charge in [0.15, 0.2) is 0 Å². The highest BCUT2D eigenvalue weighted by Crippen LogP contribution is 2.59. The quantitative estimate of drug-likeness (QED) is 0.113. The number of hydrogen-bond donors (Lipinski definition) is 2. The van der Waals surface area contributed by atoms with Gasteiger partial charge in [0.2, 0.25) is 11.8 Å². The van der Waals surface area contributed by atoms with Crippen molar-refractivity contribution in [2.75, 3.05) is 27.3 Å². The highest BCUT2D eigenvalue weighted by Gasteiger charge is 2.57. The molecule has 6 aliphatic rings. The fourth-order valence-electron chi connectivity index (χ4n) is 11.7. The number of nitrogens with zero attached hydrogens (tertiary/aromatic N) is 6. The third kappa shape index (κ3) is 9.77. The van der Waals surface area contributed by atoms with Crippen LogP contribution in [-0.2, 0) is 48.0 Å². The van der Waals surface area contributed by atoms with Crippen molar-refractivity contribution < 1.29 is 28.7 Å². The fraction of sp³-hybridized carbons (Fsp3) is 0.564. The number of fused-ring (bicyclic) bond motifs is 6. The molecule has 1 saturated heterocycles. The van der Waals surface area contributed by atoms with Gasteiger partial charge in [-0.3, -0.25) is 29.2 Å². The monoisotopic (exact) mass is 939 g/mol. The Morgan fingerprint density at radius 1 is 1.04 bits per heavy atom. The Morgan fingerprint density at radius 3 is 2.55 bits per heavy atom. The van der Waals surface area contributed by atoms with Gasteiger partial charge in [0.25, 0.3) is 5.91 Å². The predicted octanol–water partition coefficient (Wildman–Crippen LogP) is 8.12. The van der Waals surface area contributed by atoms with Gasteiger partial charge in [-0.05, 0) is 130 Å². The van der Waals surface area contributed by atoms with E-state index < -0.39 is 35.4 Å². The maximum Gasteiger partial charge on any atom is 0.324 e. The van der Waals surface area contributed by atoms with Crippen LogP contribution in [0.4, 0.5) is 0 Å². The number of aryl methyl sites for hydroxylation is 1. The average Bonchev–Trinajstić information content (AvgIpc) is 3.91. The molecule has 14 nitrogen and oxygen atoms in total. The predicted molar refractivity (Wildman–Crippen MR) is 266 cm³/mol. The molecule has 4 heterocycles. The van der Waals surface area contributed by atoms with E-state index in [-0.39, 0.29) is 54.4 Å². The molecule has 6 atom stereocenters. The van der Waals surface area contributed by atoms with Crippen molar-refractivity contribution in [1.82, 2.24) is 30.2 Å². The van der Waals surface area contributed by atoms with Crippen molar-refractivity contribution >= 4 is 40.6 Å². The Bertz CT molecular complexity index is 2670. The first kappa shape index (κ1) is 48.3. The lowest BCUT2D eigenvalue weighted by molar-refractivity contribution is -0.155. The summed E-state index contributed by atoms with van der Waals surface area (Å²) in [7, 11) is 3.39. The summed E-state index contributed by atoms with van der Waals surface area (Å²) in [6.45, 7) is 13.5. The van der Waals surface area contributed by atoms with Crippen LogP contribution in [0.5, 0.6) is 0 Å². The second kappa shape index (κ2) is 19.6. The van der Waals surface area contributed by atoms with Crippen LogP contribution in [0.2, 0.25) is 0 Å². The summed E-state index contributed by atoms with van der Waals surface area (Å²) in [5, 5.41) is 5.69. The summed E-state index contributed by atoms with van der Waals surface area (Å²) >= 11 is 0. The first-order chi connectivity index (χ1) is 33.1. The van der Waals surface area contributed by atoms with Gasteiger partial charge >= 0.3 is 5.97 Å². The van der Waals surface area contributed by atoms with Crippen LogP contribution in [-0.4, -0.2) is 106 Å². The van der Waals surface area contributed by atoms with Gasteiger partial charge in [-0.25, -0.2) is 15.4 Å². The number of nitrogens with one attached hydrogen (secondary N) is 2. The highest BCUT2D eigenvalue weighted by atomic mass is 16.5. The van der Waals surface area contributed by atoms with Crippen LogP contribution in [0.1, 0.15) is 116 Å². The molecular weight excluding hydrogens is 869 g/mol. The molecule has 4 saturated carbocycles. The molecular formula is C55H70N8O6. The zero-order valence-corrected chi connectivity index (χ0v) is 41.7. The molecule has 10 rings (SSSR count). The highest BCUT2D eigenvalue weighted by molar-refractivity contribution is 5.96. The molecule has 2 aliphatic heterocycles. The van der Waals surface area contributed by atoms with E-state index >= 15 is 0 Å². The number of rotatable bonds is 11. The zero-order valence-electron chi connectivity index (χ0n) is 41.7. The number of carbonyl (C=O) groups is 4. The van der Waals surface area contributed by atoms with Crippen molar-refractivity contribution in [3.05, 3.63) is 77.6 Å². The molecule has 4 aliphatic carbocycles. The van der Waals surface area contributed by atoms with Gasteiger partial charge in [-0.1, -0.05) is 58.0 Å². The number of likely N-dealkylation sites (N-methyl/N-ethyl adjacent to an activating group) is 1. The molecule has 14 heteroatoms. The Kier molecular flexibility index (Phi) is 13.7. The normalized spacial score (nSPS) is 26.2. The summed E-state index contributed by atoms with van der Waals surface area (Å²) in [4.78, 5) is 73.2. The van der Waals surface area contributed by atoms with Crippen molar-refractivity contribution in [3.63, 3.8) is 0 Å². The summed E-state index contributed by atoms with van der Waals surface area (Å²) in [6, 6.07) is 19.1. The molecule has 0 spiro atoms. The van der Waals surface area contributed by atoms with Crippen molar-refractivity contribution in [3.8, 4) is 22.4 Å². The van der Waals surface area contributed by atoms with Crippen LogP contribution in [0.25, 0.3) is 33.3 Å². The number of esters is 1. The average molecular weight is 939 g/mol. The number of ether oxygens (including phenoxy) is 2. The summed E-state index contributed by atoms with van der Waals surface area (Å²) in [6.07, 6.45) is 8.86. The van der Waals surface area contributed by atoms with Crippen molar-refractivity contribution in [1.29, 1.82) is 0 Å². The summed E-state index contributed by atoms with van der Waals surface area (Å²) in [5.74, 6) is -0.997. The SMILES string of the molecule is CCn1c(-c2cccnc2[C@H](C)OC)c2c3cc(ccc31)-c1cccc(c1)C[C@H](NC(=O)C(C(C)C)N(C)C(=O)[C@H]1CC[C@H](N=C=NC34CC(C3)C4)C1)C(=O)N1CCC[C@H](N1)C(=O)OCC(C)(C)C2. The molecule has 0 radical (unpaired) electrons. The van der Waals surface area contributed by atoms with Gasteiger partial charge in [-0.2, -0.15) is 0 Å². The smallest absolute Gasteiger partial charge is 0.324 e. The standard InChI is InChI=1S/C55H70N8O6/c1-9-62-46-20-18-38-26-42(46)43(49(62)41-15-11-21-56-47(41)34(4)68-8)30-54(5,6)31-69-53(67)44-16-12-22-63(60-44)52(66)45(24-35-13-10-14-37(38)23-35)59-50(64)48(33(2)3)61(7)51(65)39-17-19-40(25-39)57-32-58-55-27-36(28-55)29-55/h10-11,13-15,18,20-21,23,26,33-34,36,39-40,44-45,48,60H,9,12,16-17,19,22,24-25,27-31H2,1-8H3,(H,59,64)/t34-,36?,39-,40-,44-,45-,48?,55?/m0/s1. The fourth-order valence-corrected chi connectivity index (χ4v) is 11.7. The number of carbonyl (C=O) groups excluding carboxylic acids is 4. The second-order valence-corrected chi connectivity index (χ2v) is 21.7. The molecule has 3 amide bonds. The number of hydrazine groups is 1. The number of aromatic nitrogens is 2. The maximum atomic E-state index is 14.8. The third-order valence-electron chi connectivity index (χ3n) is 15.6. The minimum Gasteiger partial charge on any atom is -0.464 e.